The summed E-state index contributed by atoms with van der Waals surface area (Å²) >= 11 is 0. The zero-order valence-electron chi connectivity index (χ0n) is 13.5. The molecule has 0 aromatic carbocycles. The molecule has 4 atom stereocenters. The van der Waals surface area contributed by atoms with Gasteiger partial charge in [0.15, 0.2) is 0 Å². The lowest BCUT2D eigenvalue weighted by molar-refractivity contribution is -0.145. The van der Waals surface area contributed by atoms with Gasteiger partial charge in [0.25, 0.3) is 0 Å². The molecule has 0 radical (unpaired) electrons. The van der Waals surface area contributed by atoms with E-state index in [9.17, 15) is 4.79 Å². The van der Waals surface area contributed by atoms with E-state index in [1.807, 2.05) is 0 Å². The molecule has 0 aromatic heterocycles. The Labute approximate surface area is 123 Å². The highest BCUT2D eigenvalue weighted by atomic mass is 16.5. The summed E-state index contributed by atoms with van der Waals surface area (Å²) in [6.45, 7) is 11.1. The number of likely N-dealkylation sites (tertiary alicyclic amines) is 1. The topological polar surface area (TPSA) is 32.8 Å². The molecule has 2 aliphatic heterocycles. The summed E-state index contributed by atoms with van der Waals surface area (Å²) in [5.41, 5.74) is 0. The molecule has 116 valence electrons. The Balaban J connectivity index is 1.99. The third kappa shape index (κ3) is 3.53. The SMILES string of the molecule is CCC1CCCCN1C(=O)C(C)N1CC(C)OC(C)C1. The first-order chi connectivity index (χ1) is 9.52. The zero-order valence-corrected chi connectivity index (χ0v) is 13.5. The molecular formula is C16H30N2O2. The zero-order chi connectivity index (χ0) is 14.7. The Morgan fingerprint density at radius 1 is 1.25 bits per heavy atom. The Bertz CT molecular complexity index is 324. The number of amides is 1. The normalized spacial score (nSPS) is 34.0. The monoisotopic (exact) mass is 282 g/mol. The van der Waals surface area contributed by atoms with E-state index in [-0.39, 0.29) is 18.2 Å². The summed E-state index contributed by atoms with van der Waals surface area (Å²) < 4.78 is 5.77. The quantitative estimate of drug-likeness (QED) is 0.796. The molecule has 0 bridgehead atoms. The van der Waals surface area contributed by atoms with Crippen LogP contribution in [0.3, 0.4) is 0 Å². The molecular weight excluding hydrogens is 252 g/mol. The van der Waals surface area contributed by atoms with E-state index in [2.05, 4.69) is 37.5 Å². The van der Waals surface area contributed by atoms with Gasteiger partial charge in [0, 0.05) is 25.7 Å². The van der Waals surface area contributed by atoms with Crippen molar-refractivity contribution in [2.75, 3.05) is 19.6 Å². The van der Waals surface area contributed by atoms with Crippen molar-refractivity contribution < 1.29 is 9.53 Å². The van der Waals surface area contributed by atoms with Gasteiger partial charge in [-0.3, -0.25) is 9.69 Å². The predicted molar refractivity (Wildman–Crippen MR) is 80.7 cm³/mol. The average Bonchev–Trinajstić information content (AvgIpc) is 2.44. The number of ether oxygens (including phenoxy) is 1. The van der Waals surface area contributed by atoms with E-state index in [1.54, 1.807) is 0 Å². The molecule has 4 nitrogen and oxygen atoms in total. The lowest BCUT2D eigenvalue weighted by Crippen LogP contribution is -2.56. The summed E-state index contributed by atoms with van der Waals surface area (Å²) in [6.07, 6.45) is 5.11. The molecule has 1 amide bonds. The van der Waals surface area contributed by atoms with Gasteiger partial charge in [0.2, 0.25) is 5.91 Å². The third-order valence-electron chi connectivity index (χ3n) is 4.73. The standard InChI is InChI=1S/C16H30N2O2/c1-5-15-8-6-7-9-18(15)16(19)14(4)17-10-12(2)20-13(3)11-17/h12-15H,5-11H2,1-4H3. The number of carbonyl (C=O) groups excluding carboxylic acids is 1. The van der Waals surface area contributed by atoms with Gasteiger partial charge in [-0.05, 0) is 46.5 Å². The molecule has 2 heterocycles. The first kappa shape index (κ1) is 15.8. The van der Waals surface area contributed by atoms with Crippen LogP contribution in [0, 0.1) is 0 Å². The maximum Gasteiger partial charge on any atom is 0.239 e. The highest BCUT2D eigenvalue weighted by molar-refractivity contribution is 5.82. The average molecular weight is 282 g/mol. The molecule has 4 unspecified atom stereocenters. The summed E-state index contributed by atoms with van der Waals surface area (Å²) in [5, 5.41) is 0. The number of nitrogens with zero attached hydrogens (tertiary/aromatic N) is 2. The van der Waals surface area contributed by atoms with Crippen LogP contribution in [0.25, 0.3) is 0 Å². The van der Waals surface area contributed by atoms with Gasteiger partial charge >= 0.3 is 0 Å². The third-order valence-corrected chi connectivity index (χ3v) is 4.73. The van der Waals surface area contributed by atoms with Crippen molar-refractivity contribution in [1.29, 1.82) is 0 Å². The minimum atomic E-state index is -0.0176. The maximum absolute atomic E-state index is 12.8. The highest BCUT2D eigenvalue weighted by Crippen LogP contribution is 2.22. The lowest BCUT2D eigenvalue weighted by Gasteiger charge is -2.42. The Kier molecular flexibility index (Phi) is 5.44. The van der Waals surface area contributed by atoms with Crippen LogP contribution in [0.2, 0.25) is 0 Å². The fourth-order valence-electron chi connectivity index (χ4n) is 3.65. The Morgan fingerprint density at radius 2 is 1.90 bits per heavy atom. The first-order valence-electron chi connectivity index (χ1n) is 8.23. The fourth-order valence-corrected chi connectivity index (χ4v) is 3.65. The molecule has 2 rings (SSSR count). The van der Waals surface area contributed by atoms with Gasteiger partial charge in [-0.1, -0.05) is 6.92 Å². The summed E-state index contributed by atoms with van der Waals surface area (Å²) in [4.78, 5) is 17.3. The van der Waals surface area contributed by atoms with E-state index in [0.717, 1.165) is 32.5 Å². The minimum absolute atomic E-state index is 0.0176. The van der Waals surface area contributed by atoms with Crippen LogP contribution in [-0.4, -0.2) is 59.6 Å². The molecule has 2 fully saturated rings. The predicted octanol–water partition coefficient (Wildman–Crippen LogP) is 2.28. The Morgan fingerprint density at radius 3 is 2.50 bits per heavy atom. The van der Waals surface area contributed by atoms with Crippen molar-refractivity contribution in [3.05, 3.63) is 0 Å². The molecule has 20 heavy (non-hydrogen) atoms. The molecule has 2 saturated heterocycles. The van der Waals surface area contributed by atoms with Gasteiger partial charge in [-0.25, -0.2) is 0 Å². The van der Waals surface area contributed by atoms with Crippen molar-refractivity contribution in [1.82, 2.24) is 9.80 Å². The molecule has 4 heteroatoms. The largest absolute Gasteiger partial charge is 0.373 e. The van der Waals surface area contributed by atoms with Crippen molar-refractivity contribution in [3.8, 4) is 0 Å². The molecule has 2 aliphatic rings. The molecule has 0 aliphatic carbocycles. The van der Waals surface area contributed by atoms with Gasteiger partial charge in [-0.15, -0.1) is 0 Å². The van der Waals surface area contributed by atoms with Crippen LogP contribution in [-0.2, 0) is 9.53 Å². The van der Waals surface area contributed by atoms with E-state index < -0.39 is 0 Å². The molecule has 0 aromatic rings. The van der Waals surface area contributed by atoms with Crippen LogP contribution >= 0.6 is 0 Å². The second kappa shape index (κ2) is 6.90. The number of hydrogen-bond acceptors (Lipinski definition) is 3. The van der Waals surface area contributed by atoms with Gasteiger partial charge in [0.1, 0.15) is 0 Å². The van der Waals surface area contributed by atoms with Gasteiger partial charge in [-0.2, -0.15) is 0 Å². The highest BCUT2D eigenvalue weighted by Gasteiger charge is 2.34. The van der Waals surface area contributed by atoms with Crippen LogP contribution in [0.1, 0.15) is 53.4 Å². The van der Waals surface area contributed by atoms with Crippen molar-refractivity contribution in [2.45, 2.75) is 77.7 Å². The number of rotatable bonds is 3. The van der Waals surface area contributed by atoms with Crippen molar-refractivity contribution in [2.24, 2.45) is 0 Å². The van der Waals surface area contributed by atoms with E-state index in [1.165, 1.54) is 12.8 Å². The second-order valence-electron chi connectivity index (χ2n) is 6.48. The number of carbonyl (C=O) groups is 1. The molecule has 0 N–H and O–H groups in total. The molecule has 0 saturated carbocycles. The summed E-state index contributed by atoms with van der Waals surface area (Å²) in [5.74, 6) is 0.317. The van der Waals surface area contributed by atoms with Crippen molar-refractivity contribution in [3.63, 3.8) is 0 Å². The second-order valence-corrected chi connectivity index (χ2v) is 6.48. The number of morpholine rings is 1. The maximum atomic E-state index is 12.8. The van der Waals surface area contributed by atoms with Gasteiger partial charge < -0.3 is 9.64 Å². The molecule has 0 spiro atoms. The summed E-state index contributed by atoms with van der Waals surface area (Å²) in [7, 11) is 0. The van der Waals surface area contributed by atoms with Crippen molar-refractivity contribution >= 4 is 5.91 Å². The van der Waals surface area contributed by atoms with Crippen LogP contribution in [0.5, 0.6) is 0 Å². The fraction of sp³-hybridized carbons (Fsp3) is 0.938. The van der Waals surface area contributed by atoms with Crippen LogP contribution in [0.15, 0.2) is 0 Å². The minimum Gasteiger partial charge on any atom is -0.373 e. The lowest BCUT2D eigenvalue weighted by atomic mass is 9.98. The summed E-state index contributed by atoms with van der Waals surface area (Å²) in [6, 6.07) is 0.436. The number of piperidine rings is 1. The van der Waals surface area contributed by atoms with E-state index >= 15 is 0 Å². The van der Waals surface area contributed by atoms with Crippen LogP contribution in [0.4, 0.5) is 0 Å². The first-order valence-corrected chi connectivity index (χ1v) is 8.23. The van der Waals surface area contributed by atoms with Gasteiger partial charge in [0.05, 0.1) is 18.2 Å². The number of hydrogen-bond donors (Lipinski definition) is 0. The van der Waals surface area contributed by atoms with E-state index in [4.69, 9.17) is 4.74 Å². The smallest absolute Gasteiger partial charge is 0.239 e. The van der Waals surface area contributed by atoms with E-state index in [0.29, 0.717) is 11.9 Å². The van der Waals surface area contributed by atoms with Crippen LogP contribution < -0.4 is 0 Å². The Hall–Kier alpha value is -0.610.